The molecule has 0 rings (SSSR count). The first kappa shape index (κ1) is 16.4. The third kappa shape index (κ3) is 3.96. The summed E-state index contributed by atoms with van der Waals surface area (Å²) in [6.45, 7) is 9.33. The standard InChI is InChI=1S/C13H29N3O/c1-7-13(8-2,10-14)15(5)9-12(17)16(6)11(3)4/h11H,7-10,14H2,1-6H3. The van der Waals surface area contributed by atoms with E-state index in [0.29, 0.717) is 13.1 Å². The van der Waals surface area contributed by atoms with Crippen LogP contribution in [-0.4, -0.2) is 54.5 Å². The average Bonchev–Trinajstić information content (AvgIpc) is 2.30. The predicted molar refractivity (Wildman–Crippen MR) is 72.9 cm³/mol. The molecule has 0 atom stereocenters. The van der Waals surface area contributed by atoms with E-state index in [1.54, 1.807) is 4.90 Å². The number of hydrogen-bond donors (Lipinski definition) is 1. The van der Waals surface area contributed by atoms with Crippen LogP contribution in [0.3, 0.4) is 0 Å². The van der Waals surface area contributed by atoms with Gasteiger partial charge in [0.25, 0.3) is 0 Å². The maximum Gasteiger partial charge on any atom is 0.236 e. The van der Waals surface area contributed by atoms with Gasteiger partial charge in [-0.05, 0) is 33.7 Å². The maximum atomic E-state index is 12.0. The van der Waals surface area contributed by atoms with E-state index in [2.05, 4.69) is 18.7 Å². The Morgan fingerprint density at radius 2 is 1.71 bits per heavy atom. The largest absolute Gasteiger partial charge is 0.342 e. The average molecular weight is 243 g/mol. The lowest BCUT2D eigenvalue weighted by Gasteiger charge is -2.40. The molecule has 17 heavy (non-hydrogen) atoms. The number of nitrogens with zero attached hydrogens (tertiary/aromatic N) is 2. The van der Waals surface area contributed by atoms with Crippen molar-refractivity contribution in [3.8, 4) is 0 Å². The Morgan fingerprint density at radius 3 is 2.00 bits per heavy atom. The van der Waals surface area contributed by atoms with Crippen LogP contribution < -0.4 is 5.73 Å². The second kappa shape index (κ2) is 6.97. The summed E-state index contributed by atoms with van der Waals surface area (Å²) in [5, 5.41) is 0. The van der Waals surface area contributed by atoms with E-state index in [4.69, 9.17) is 5.73 Å². The Balaban J connectivity index is 4.61. The van der Waals surface area contributed by atoms with Crippen molar-refractivity contribution >= 4 is 5.91 Å². The molecule has 0 aromatic rings. The summed E-state index contributed by atoms with van der Waals surface area (Å²) in [6, 6.07) is 0.242. The minimum Gasteiger partial charge on any atom is -0.342 e. The number of rotatable bonds is 7. The molecule has 0 aliphatic carbocycles. The Kier molecular flexibility index (Phi) is 6.72. The van der Waals surface area contributed by atoms with E-state index in [1.807, 2.05) is 27.9 Å². The highest BCUT2D eigenvalue weighted by Crippen LogP contribution is 2.21. The van der Waals surface area contributed by atoms with Crippen LogP contribution in [0.15, 0.2) is 0 Å². The predicted octanol–water partition coefficient (Wildman–Crippen LogP) is 1.30. The van der Waals surface area contributed by atoms with E-state index in [1.165, 1.54) is 0 Å². The molecule has 4 heteroatoms. The molecule has 0 spiro atoms. The van der Waals surface area contributed by atoms with E-state index >= 15 is 0 Å². The van der Waals surface area contributed by atoms with Crippen molar-refractivity contribution in [3.05, 3.63) is 0 Å². The third-order valence-electron chi connectivity index (χ3n) is 4.05. The summed E-state index contributed by atoms with van der Waals surface area (Å²) in [5.74, 6) is 0.155. The molecule has 0 fully saturated rings. The highest BCUT2D eigenvalue weighted by Gasteiger charge is 2.31. The van der Waals surface area contributed by atoms with Crippen LogP contribution in [0.4, 0.5) is 0 Å². The summed E-state index contributed by atoms with van der Waals surface area (Å²) in [4.78, 5) is 15.9. The summed E-state index contributed by atoms with van der Waals surface area (Å²) in [7, 11) is 3.84. The molecule has 0 heterocycles. The fourth-order valence-corrected chi connectivity index (χ4v) is 2.00. The van der Waals surface area contributed by atoms with Crippen LogP contribution in [0, 0.1) is 0 Å². The van der Waals surface area contributed by atoms with E-state index in [9.17, 15) is 4.79 Å². The van der Waals surface area contributed by atoms with Crippen LogP contribution >= 0.6 is 0 Å². The zero-order valence-corrected chi connectivity index (χ0v) is 12.3. The van der Waals surface area contributed by atoms with Gasteiger partial charge in [0, 0.05) is 25.2 Å². The Hall–Kier alpha value is -0.610. The van der Waals surface area contributed by atoms with Crippen molar-refractivity contribution in [3.63, 3.8) is 0 Å². The second-order valence-corrected chi connectivity index (χ2v) is 5.09. The first-order chi connectivity index (χ1) is 7.84. The monoisotopic (exact) mass is 243 g/mol. The Morgan fingerprint density at radius 1 is 1.24 bits per heavy atom. The molecule has 0 bridgehead atoms. The number of amides is 1. The van der Waals surface area contributed by atoms with Gasteiger partial charge in [0.15, 0.2) is 0 Å². The van der Waals surface area contributed by atoms with Gasteiger partial charge < -0.3 is 10.6 Å². The van der Waals surface area contributed by atoms with Crippen molar-refractivity contribution in [1.82, 2.24) is 9.80 Å². The maximum absolute atomic E-state index is 12.0. The summed E-state index contributed by atoms with van der Waals surface area (Å²) < 4.78 is 0. The molecule has 0 aromatic heterocycles. The van der Waals surface area contributed by atoms with E-state index < -0.39 is 0 Å². The van der Waals surface area contributed by atoms with Crippen LogP contribution in [0.1, 0.15) is 40.5 Å². The highest BCUT2D eigenvalue weighted by molar-refractivity contribution is 5.78. The molecular weight excluding hydrogens is 214 g/mol. The summed E-state index contributed by atoms with van der Waals surface area (Å²) in [5.41, 5.74) is 5.83. The fraction of sp³-hybridized carbons (Fsp3) is 0.923. The van der Waals surface area contributed by atoms with Gasteiger partial charge in [-0.25, -0.2) is 0 Å². The van der Waals surface area contributed by atoms with Crippen molar-refractivity contribution < 1.29 is 4.79 Å². The molecule has 0 saturated carbocycles. The lowest BCUT2D eigenvalue weighted by Crippen LogP contribution is -2.54. The van der Waals surface area contributed by atoms with Crippen molar-refractivity contribution in [2.45, 2.75) is 52.1 Å². The van der Waals surface area contributed by atoms with E-state index in [0.717, 1.165) is 12.8 Å². The normalized spacial score (nSPS) is 12.3. The molecule has 0 saturated heterocycles. The van der Waals surface area contributed by atoms with Gasteiger partial charge in [0.1, 0.15) is 0 Å². The second-order valence-electron chi connectivity index (χ2n) is 5.09. The molecule has 0 unspecified atom stereocenters. The molecule has 0 aliphatic rings. The summed E-state index contributed by atoms with van der Waals surface area (Å²) >= 11 is 0. The number of hydrogen-bond acceptors (Lipinski definition) is 3. The molecule has 0 aliphatic heterocycles. The smallest absolute Gasteiger partial charge is 0.236 e. The van der Waals surface area contributed by atoms with Gasteiger partial charge in [-0.1, -0.05) is 13.8 Å². The first-order valence-electron chi connectivity index (χ1n) is 6.51. The fourth-order valence-electron chi connectivity index (χ4n) is 2.00. The minimum absolute atomic E-state index is 0.0481. The third-order valence-corrected chi connectivity index (χ3v) is 4.05. The van der Waals surface area contributed by atoms with E-state index in [-0.39, 0.29) is 17.5 Å². The molecule has 1 amide bonds. The van der Waals surface area contributed by atoms with Gasteiger partial charge in [-0.3, -0.25) is 9.69 Å². The van der Waals surface area contributed by atoms with Crippen LogP contribution in [0.2, 0.25) is 0 Å². The number of likely N-dealkylation sites (N-methyl/N-ethyl adjacent to an activating group) is 2. The number of nitrogens with two attached hydrogens (primary N) is 1. The zero-order chi connectivity index (χ0) is 13.6. The summed E-state index contributed by atoms with van der Waals surface area (Å²) in [6.07, 6.45) is 1.93. The molecular formula is C13H29N3O. The molecule has 102 valence electrons. The van der Waals surface area contributed by atoms with Gasteiger partial charge in [0.2, 0.25) is 5.91 Å². The zero-order valence-electron chi connectivity index (χ0n) is 12.3. The molecule has 0 aromatic carbocycles. The van der Waals surface area contributed by atoms with Gasteiger partial charge in [-0.2, -0.15) is 0 Å². The Bertz CT molecular complexity index is 229. The number of carbonyl (C=O) groups excluding carboxylic acids is 1. The topological polar surface area (TPSA) is 49.6 Å². The molecule has 4 nitrogen and oxygen atoms in total. The first-order valence-corrected chi connectivity index (χ1v) is 6.51. The molecule has 0 radical (unpaired) electrons. The lowest BCUT2D eigenvalue weighted by molar-refractivity contribution is -0.133. The van der Waals surface area contributed by atoms with Gasteiger partial charge in [0.05, 0.1) is 6.54 Å². The Labute approximate surface area is 106 Å². The molecule has 2 N–H and O–H groups in total. The van der Waals surface area contributed by atoms with Crippen molar-refractivity contribution in [2.75, 3.05) is 27.2 Å². The van der Waals surface area contributed by atoms with Crippen molar-refractivity contribution in [1.29, 1.82) is 0 Å². The minimum atomic E-state index is -0.0481. The van der Waals surface area contributed by atoms with Crippen LogP contribution in [-0.2, 0) is 4.79 Å². The quantitative estimate of drug-likeness (QED) is 0.733. The highest BCUT2D eigenvalue weighted by atomic mass is 16.2. The van der Waals surface area contributed by atoms with Gasteiger partial charge in [-0.15, -0.1) is 0 Å². The lowest BCUT2D eigenvalue weighted by atomic mass is 9.91. The van der Waals surface area contributed by atoms with Crippen LogP contribution in [0.5, 0.6) is 0 Å². The number of carbonyl (C=O) groups is 1. The van der Waals surface area contributed by atoms with Gasteiger partial charge >= 0.3 is 0 Å². The van der Waals surface area contributed by atoms with Crippen LogP contribution in [0.25, 0.3) is 0 Å². The SMILES string of the molecule is CCC(CC)(CN)N(C)CC(=O)N(C)C(C)C. The van der Waals surface area contributed by atoms with Crippen molar-refractivity contribution in [2.24, 2.45) is 5.73 Å².